The lowest BCUT2D eigenvalue weighted by Gasteiger charge is -2.27. The maximum Gasteiger partial charge on any atom is 0.235 e. The molecule has 0 heterocycles. The summed E-state index contributed by atoms with van der Waals surface area (Å²) in [6.07, 6.45) is 5.55. The maximum absolute atomic E-state index is 13.3. The van der Waals surface area contributed by atoms with Gasteiger partial charge in [0, 0.05) is 0 Å². The predicted octanol–water partition coefficient (Wildman–Crippen LogP) is 4.24. The molecule has 2 aromatic rings. The summed E-state index contributed by atoms with van der Waals surface area (Å²) in [6.45, 7) is 0.0837. The molecule has 5 heteroatoms. The van der Waals surface area contributed by atoms with Crippen molar-refractivity contribution >= 4 is 5.91 Å². The fraction of sp³-hybridized carbons (Fsp3) is 0.391. The molecule has 146 valence electrons. The van der Waals surface area contributed by atoms with E-state index in [0.717, 1.165) is 36.8 Å². The molecule has 0 bridgehead atoms. The van der Waals surface area contributed by atoms with Crippen molar-refractivity contribution in [2.45, 2.75) is 50.1 Å². The number of halogens is 1. The van der Waals surface area contributed by atoms with Crippen molar-refractivity contribution in [2.75, 3.05) is 6.54 Å². The van der Waals surface area contributed by atoms with Gasteiger partial charge in [0.25, 0.3) is 0 Å². The zero-order valence-electron chi connectivity index (χ0n) is 16.0. The summed E-state index contributed by atoms with van der Waals surface area (Å²) in [6, 6.07) is 18.1. The first kappa shape index (κ1) is 20.0. The van der Waals surface area contributed by atoms with Gasteiger partial charge in [-0.05, 0) is 36.1 Å². The highest BCUT2D eigenvalue weighted by Gasteiger charge is 2.32. The molecule has 1 atom stereocenters. The molecule has 3 rings (SSSR count). The number of nitrogens with zero attached hydrogens (tertiary/aromatic N) is 1. The summed E-state index contributed by atoms with van der Waals surface area (Å²) in [4.78, 5) is 12.6. The van der Waals surface area contributed by atoms with Crippen LogP contribution in [0.5, 0.6) is 0 Å². The molecule has 0 spiro atoms. The fourth-order valence-corrected chi connectivity index (χ4v) is 3.83. The first-order valence-corrected chi connectivity index (χ1v) is 9.88. The Morgan fingerprint density at radius 2 is 1.61 bits per heavy atom. The van der Waals surface area contributed by atoms with E-state index in [0.29, 0.717) is 12.8 Å². The van der Waals surface area contributed by atoms with Crippen LogP contribution >= 0.6 is 0 Å². The molecule has 1 fully saturated rings. The second-order valence-corrected chi connectivity index (χ2v) is 7.43. The van der Waals surface area contributed by atoms with Crippen LogP contribution in [-0.2, 0) is 4.79 Å². The lowest BCUT2D eigenvalue weighted by Crippen LogP contribution is -2.50. The Bertz CT molecular complexity index is 806. The van der Waals surface area contributed by atoms with Crippen molar-refractivity contribution in [1.29, 1.82) is 5.26 Å². The predicted molar refractivity (Wildman–Crippen MR) is 107 cm³/mol. The van der Waals surface area contributed by atoms with Crippen LogP contribution in [0.2, 0.25) is 0 Å². The molecule has 28 heavy (non-hydrogen) atoms. The van der Waals surface area contributed by atoms with Crippen LogP contribution < -0.4 is 10.6 Å². The van der Waals surface area contributed by atoms with Gasteiger partial charge >= 0.3 is 0 Å². The Labute approximate surface area is 165 Å². The largest absolute Gasteiger partial charge is 0.337 e. The Kier molecular flexibility index (Phi) is 6.78. The molecule has 0 aromatic heterocycles. The average molecular weight is 379 g/mol. The zero-order chi connectivity index (χ0) is 19.8. The lowest BCUT2D eigenvalue weighted by atomic mass is 9.92. The number of amides is 1. The van der Waals surface area contributed by atoms with Crippen molar-refractivity contribution in [3.63, 3.8) is 0 Å². The number of carbonyl (C=O) groups excluding carboxylic acids is 1. The zero-order valence-corrected chi connectivity index (χ0v) is 16.0. The molecule has 1 aliphatic carbocycles. The molecular formula is C23H26FN3O. The molecule has 1 unspecified atom stereocenters. The highest BCUT2D eigenvalue weighted by atomic mass is 19.1. The normalized spacial score (nSPS) is 17.1. The van der Waals surface area contributed by atoms with E-state index in [1.807, 2.05) is 30.3 Å². The molecule has 0 radical (unpaired) electrons. The monoisotopic (exact) mass is 379 g/mol. The van der Waals surface area contributed by atoms with Crippen molar-refractivity contribution in [1.82, 2.24) is 10.6 Å². The fourth-order valence-electron chi connectivity index (χ4n) is 3.83. The summed E-state index contributed by atoms with van der Waals surface area (Å²) in [5, 5.41) is 15.9. The van der Waals surface area contributed by atoms with E-state index in [2.05, 4.69) is 16.7 Å². The minimum absolute atomic E-state index is 0.0837. The van der Waals surface area contributed by atoms with Crippen LogP contribution in [0, 0.1) is 17.1 Å². The number of carbonyl (C=O) groups is 1. The molecule has 0 aliphatic heterocycles. The van der Waals surface area contributed by atoms with E-state index in [9.17, 15) is 14.4 Å². The third-order valence-corrected chi connectivity index (χ3v) is 5.35. The molecule has 4 nitrogen and oxygen atoms in total. The van der Waals surface area contributed by atoms with Crippen LogP contribution in [0.1, 0.15) is 55.7 Å². The smallest absolute Gasteiger partial charge is 0.235 e. The van der Waals surface area contributed by atoms with E-state index in [4.69, 9.17) is 0 Å². The summed E-state index contributed by atoms with van der Waals surface area (Å²) in [5.74, 6) is -0.482. The van der Waals surface area contributed by atoms with Crippen LogP contribution in [0.3, 0.4) is 0 Å². The third-order valence-electron chi connectivity index (χ3n) is 5.35. The van der Waals surface area contributed by atoms with Gasteiger partial charge in [0.1, 0.15) is 11.4 Å². The Morgan fingerprint density at radius 3 is 2.21 bits per heavy atom. The van der Waals surface area contributed by atoms with E-state index in [1.165, 1.54) is 12.1 Å². The highest BCUT2D eigenvalue weighted by molar-refractivity contribution is 5.79. The van der Waals surface area contributed by atoms with Gasteiger partial charge in [-0.2, -0.15) is 5.26 Å². The van der Waals surface area contributed by atoms with Gasteiger partial charge in [-0.15, -0.1) is 0 Å². The highest BCUT2D eigenvalue weighted by Crippen LogP contribution is 2.27. The molecule has 1 saturated carbocycles. The van der Waals surface area contributed by atoms with Crippen LogP contribution in [0.15, 0.2) is 54.6 Å². The van der Waals surface area contributed by atoms with Crippen LogP contribution in [0.4, 0.5) is 4.39 Å². The minimum Gasteiger partial charge on any atom is -0.337 e. The molecule has 0 saturated heterocycles. The number of rotatable bonds is 6. The summed E-state index contributed by atoms with van der Waals surface area (Å²) < 4.78 is 13.3. The molecule has 1 amide bonds. The quantitative estimate of drug-likeness (QED) is 0.738. The van der Waals surface area contributed by atoms with Crippen LogP contribution in [0.25, 0.3) is 0 Å². The third kappa shape index (κ3) is 5.17. The van der Waals surface area contributed by atoms with Gasteiger partial charge in [-0.25, -0.2) is 4.39 Å². The van der Waals surface area contributed by atoms with Gasteiger partial charge in [-0.1, -0.05) is 68.1 Å². The van der Waals surface area contributed by atoms with Gasteiger partial charge in [-0.3, -0.25) is 10.1 Å². The first-order valence-electron chi connectivity index (χ1n) is 9.88. The lowest BCUT2D eigenvalue weighted by molar-refractivity contribution is -0.121. The number of nitriles is 1. The minimum atomic E-state index is -0.757. The Hall–Kier alpha value is -2.71. The van der Waals surface area contributed by atoms with Crippen molar-refractivity contribution < 1.29 is 9.18 Å². The summed E-state index contributed by atoms with van der Waals surface area (Å²) >= 11 is 0. The van der Waals surface area contributed by atoms with Gasteiger partial charge < -0.3 is 5.32 Å². The maximum atomic E-state index is 13.3. The molecule has 2 aromatic carbocycles. The summed E-state index contributed by atoms with van der Waals surface area (Å²) in [5.41, 5.74) is 1.11. The van der Waals surface area contributed by atoms with E-state index < -0.39 is 5.54 Å². The molecule has 2 N–H and O–H groups in total. The Balaban J connectivity index is 1.70. The van der Waals surface area contributed by atoms with Gasteiger partial charge in [0.05, 0.1) is 18.7 Å². The summed E-state index contributed by atoms with van der Waals surface area (Å²) in [7, 11) is 0. The van der Waals surface area contributed by atoms with Crippen LogP contribution in [-0.4, -0.2) is 18.0 Å². The van der Waals surface area contributed by atoms with Crippen molar-refractivity contribution in [2.24, 2.45) is 0 Å². The molecular weight excluding hydrogens is 353 g/mol. The number of hydrogen-bond donors (Lipinski definition) is 2. The van der Waals surface area contributed by atoms with Crippen molar-refractivity contribution in [3.8, 4) is 6.07 Å². The van der Waals surface area contributed by atoms with Gasteiger partial charge in [0.15, 0.2) is 0 Å². The number of hydrogen-bond acceptors (Lipinski definition) is 3. The SMILES string of the molecule is N#CC1(NC(=O)CNC(c2ccccc2)c2ccc(F)cc2)CCCCCC1. The average Bonchev–Trinajstić information content (AvgIpc) is 2.96. The van der Waals surface area contributed by atoms with E-state index >= 15 is 0 Å². The topological polar surface area (TPSA) is 64.9 Å². The second-order valence-electron chi connectivity index (χ2n) is 7.43. The van der Waals surface area contributed by atoms with E-state index in [1.54, 1.807) is 12.1 Å². The van der Waals surface area contributed by atoms with E-state index in [-0.39, 0.29) is 24.3 Å². The first-order chi connectivity index (χ1) is 13.6. The number of nitrogens with one attached hydrogen (secondary N) is 2. The second kappa shape index (κ2) is 9.48. The van der Waals surface area contributed by atoms with Gasteiger partial charge in [0.2, 0.25) is 5.91 Å². The number of benzene rings is 2. The molecule has 1 aliphatic rings. The van der Waals surface area contributed by atoms with Crippen molar-refractivity contribution in [3.05, 3.63) is 71.5 Å². The Morgan fingerprint density at radius 1 is 1.00 bits per heavy atom. The standard InChI is InChI=1S/C23H26FN3O/c24-20-12-10-19(11-13-20)22(18-8-4-3-5-9-18)26-16-21(28)27-23(17-25)14-6-1-2-7-15-23/h3-5,8-13,22,26H,1-2,6-7,14-16H2,(H,27,28).